The first-order valence-electron chi connectivity index (χ1n) is 5.81. The molecule has 0 unspecified atom stereocenters. The van der Waals surface area contributed by atoms with Crippen LogP contribution in [0.15, 0.2) is 18.2 Å². The van der Waals surface area contributed by atoms with Crippen molar-refractivity contribution >= 4 is 11.6 Å². The van der Waals surface area contributed by atoms with E-state index >= 15 is 0 Å². The lowest BCUT2D eigenvalue weighted by molar-refractivity contribution is -0.129. The average molecular weight is 234 g/mol. The molecule has 2 N–H and O–H groups in total. The molecule has 92 valence electrons. The summed E-state index contributed by atoms with van der Waals surface area (Å²) in [6.07, 6.45) is 0.934. The lowest BCUT2D eigenvalue weighted by Gasteiger charge is -2.31. The molecule has 1 aromatic carbocycles. The maximum atomic E-state index is 11.8. The molecule has 0 atom stereocenters. The summed E-state index contributed by atoms with van der Waals surface area (Å²) in [7, 11) is 1.92. The van der Waals surface area contributed by atoms with Crippen molar-refractivity contribution in [3.63, 3.8) is 0 Å². The van der Waals surface area contributed by atoms with Crippen molar-refractivity contribution in [3.8, 4) is 5.75 Å². The minimum Gasteiger partial charge on any atom is -0.476 e. The van der Waals surface area contributed by atoms with Gasteiger partial charge in [-0.3, -0.25) is 4.79 Å². The van der Waals surface area contributed by atoms with Gasteiger partial charge in [-0.1, -0.05) is 6.07 Å². The fourth-order valence-electron chi connectivity index (χ4n) is 1.78. The average Bonchev–Trinajstić information content (AvgIpc) is 2.27. The first-order valence-corrected chi connectivity index (χ1v) is 5.81. The predicted octanol–water partition coefficient (Wildman–Crippen LogP) is 1.56. The molecule has 0 aromatic heterocycles. The van der Waals surface area contributed by atoms with E-state index in [0.717, 1.165) is 24.4 Å². The minimum absolute atomic E-state index is 0.101. The molecule has 0 fully saturated rings. The van der Waals surface area contributed by atoms with Gasteiger partial charge < -0.3 is 15.4 Å². The number of ether oxygens (including phenoxy) is 1. The summed E-state index contributed by atoms with van der Waals surface area (Å²) in [4.78, 5) is 11.8. The van der Waals surface area contributed by atoms with E-state index in [4.69, 9.17) is 4.74 Å². The van der Waals surface area contributed by atoms with Crippen LogP contribution in [0.5, 0.6) is 5.75 Å². The van der Waals surface area contributed by atoms with Gasteiger partial charge in [0, 0.05) is 0 Å². The highest BCUT2D eigenvalue weighted by Crippen LogP contribution is 2.34. The van der Waals surface area contributed by atoms with Gasteiger partial charge >= 0.3 is 0 Å². The van der Waals surface area contributed by atoms with E-state index < -0.39 is 5.60 Å². The van der Waals surface area contributed by atoms with Crippen LogP contribution >= 0.6 is 0 Å². The zero-order valence-corrected chi connectivity index (χ0v) is 10.5. The lowest BCUT2D eigenvalue weighted by Crippen LogP contribution is -2.45. The molecule has 0 bridgehead atoms. The standard InChI is InChI=1S/C13H18N2O2/c1-13(2)12(16)15-10-8-9(6-7-14-3)4-5-11(10)17-13/h4-5,8,14H,6-7H2,1-3H3,(H,15,16). The number of likely N-dealkylation sites (N-methyl/N-ethyl adjacent to an activating group) is 1. The molecule has 0 saturated carbocycles. The smallest absolute Gasteiger partial charge is 0.268 e. The summed E-state index contributed by atoms with van der Waals surface area (Å²) in [6, 6.07) is 5.92. The molecule has 0 saturated heterocycles. The van der Waals surface area contributed by atoms with E-state index in [1.165, 1.54) is 5.56 Å². The van der Waals surface area contributed by atoms with Crippen LogP contribution in [-0.4, -0.2) is 25.1 Å². The maximum absolute atomic E-state index is 11.8. The van der Waals surface area contributed by atoms with E-state index in [9.17, 15) is 4.79 Å². The zero-order valence-electron chi connectivity index (χ0n) is 10.5. The third kappa shape index (κ3) is 2.42. The number of amides is 1. The molecule has 0 radical (unpaired) electrons. The van der Waals surface area contributed by atoms with Crippen molar-refractivity contribution in [2.24, 2.45) is 0 Å². The summed E-state index contributed by atoms with van der Waals surface area (Å²) in [5.41, 5.74) is 1.16. The lowest BCUT2D eigenvalue weighted by atomic mass is 10.0. The summed E-state index contributed by atoms with van der Waals surface area (Å²) < 4.78 is 5.66. The SMILES string of the molecule is CNCCc1ccc2c(c1)NC(=O)C(C)(C)O2. The summed E-state index contributed by atoms with van der Waals surface area (Å²) in [5, 5.41) is 5.98. The number of anilines is 1. The topological polar surface area (TPSA) is 50.4 Å². The van der Waals surface area contributed by atoms with Crippen LogP contribution in [0.2, 0.25) is 0 Å². The molecule has 1 aliphatic rings. The van der Waals surface area contributed by atoms with Gasteiger partial charge in [-0.25, -0.2) is 0 Å². The molecule has 2 rings (SSSR count). The molecular weight excluding hydrogens is 216 g/mol. The van der Waals surface area contributed by atoms with Crippen LogP contribution in [0.25, 0.3) is 0 Å². The molecule has 0 spiro atoms. The monoisotopic (exact) mass is 234 g/mol. The van der Waals surface area contributed by atoms with E-state index in [1.54, 1.807) is 13.8 Å². The zero-order chi connectivity index (χ0) is 12.5. The van der Waals surface area contributed by atoms with Crippen LogP contribution < -0.4 is 15.4 Å². The molecule has 1 aliphatic heterocycles. The normalized spacial score (nSPS) is 17.0. The number of carbonyl (C=O) groups is 1. The van der Waals surface area contributed by atoms with Gasteiger partial charge in [-0.2, -0.15) is 0 Å². The number of hydrogen-bond donors (Lipinski definition) is 2. The molecule has 1 amide bonds. The molecule has 17 heavy (non-hydrogen) atoms. The molecular formula is C13H18N2O2. The second-order valence-corrected chi connectivity index (χ2v) is 4.75. The summed E-state index contributed by atoms with van der Waals surface area (Å²) in [6.45, 7) is 4.44. The Labute approximate surface area is 101 Å². The summed E-state index contributed by atoms with van der Waals surface area (Å²) in [5.74, 6) is 0.638. The highest BCUT2D eigenvalue weighted by molar-refractivity contribution is 6.00. The van der Waals surface area contributed by atoms with Crippen molar-refractivity contribution < 1.29 is 9.53 Å². The van der Waals surface area contributed by atoms with Gasteiger partial charge in [-0.15, -0.1) is 0 Å². The Hall–Kier alpha value is -1.55. The van der Waals surface area contributed by atoms with Crippen molar-refractivity contribution in [2.75, 3.05) is 18.9 Å². The van der Waals surface area contributed by atoms with Gasteiger partial charge in [-0.05, 0) is 51.6 Å². The van der Waals surface area contributed by atoms with E-state index in [-0.39, 0.29) is 5.91 Å². The number of hydrogen-bond acceptors (Lipinski definition) is 3. The van der Waals surface area contributed by atoms with E-state index in [2.05, 4.69) is 10.6 Å². The highest BCUT2D eigenvalue weighted by Gasteiger charge is 2.35. The number of benzene rings is 1. The molecule has 4 nitrogen and oxygen atoms in total. The Morgan fingerprint density at radius 2 is 2.18 bits per heavy atom. The minimum atomic E-state index is -0.792. The van der Waals surface area contributed by atoms with Crippen molar-refractivity contribution in [1.82, 2.24) is 5.32 Å². The molecule has 0 aliphatic carbocycles. The number of fused-ring (bicyclic) bond motifs is 1. The molecule has 1 heterocycles. The first kappa shape index (κ1) is 11.9. The third-order valence-corrected chi connectivity index (χ3v) is 2.87. The first-order chi connectivity index (χ1) is 8.03. The van der Waals surface area contributed by atoms with Crippen molar-refractivity contribution in [3.05, 3.63) is 23.8 Å². The van der Waals surface area contributed by atoms with Crippen LogP contribution in [0.1, 0.15) is 19.4 Å². The van der Waals surface area contributed by atoms with Gasteiger partial charge in [0.2, 0.25) is 0 Å². The van der Waals surface area contributed by atoms with Crippen molar-refractivity contribution in [2.45, 2.75) is 25.9 Å². The van der Waals surface area contributed by atoms with Gasteiger partial charge in [0.05, 0.1) is 5.69 Å². The van der Waals surface area contributed by atoms with Gasteiger partial charge in [0.15, 0.2) is 5.60 Å². The summed E-state index contributed by atoms with van der Waals surface area (Å²) >= 11 is 0. The number of rotatable bonds is 3. The van der Waals surface area contributed by atoms with E-state index in [0.29, 0.717) is 0 Å². The van der Waals surface area contributed by atoms with Crippen LogP contribution in [0.3, 0.4) is 0 Å². The Morgan fingerprint density at radius 3 is 2.88 bits per heavy atom. The Kier molecular flexibility index (Phi) is 3.07. The van der Waals surface area contributed by atoms with Crippen LogP contribution in [0.4, 0.5) is 5.69 Å². The van der Waals surface area contributed by atoms with Crippen molar-refractivity contribution in [1.29, 1.82) is 0 Å². The predicted molar refractivity (Wildman–Crippen MR) is 67.4 cm³/mol. The maximum Gasteiger partial charge on any atom is 0.268 e. The Balaban J connectivity index is 2.23. The fourth-order valence-corrected chi connectivity index (χ4v) is 1.78. The second kappa shape index (κ2) is 4.37. The van der Waals surface area contributed by atoms with Gasteiger partial charge in [0.1, 0.15) is 5.75 Å². The molecule has 1 aromatic rings. The van der Waals surface area contributed by atoms with Gasteiger partial charge in [0.25, 0.3) is 5.91 Å². The van der Waals surface area contributed by atoms with E-state index in [1.807, 2.05) is 25.2 Å². The fraction of sp³-hybridized carbons (Fsp3) is 0.462. The van der Waals surface area contributed by atoms with Crippen LogP contribution in [-0.2, 0) is 11.2 Å². The largest absolute Gasteiger partial charge is 0.476 e. The second-order valence-electron chi connectivity index (χ2n) is 4.75. The Morgan fingerprint density at radius 1 is 1.41 bits per heavy atom. The molecule has 4 heteroatoms. The highest BCUT2D eigenvalue weighted by atomic mass is 16.5. The number of carbonyl (C=O) groups excluding carboxylic acids is 1. The quantitative estimate of drug-likeness (QED) is 0.834. The number of nitrogens with one attached hydrogen (secondary N) is 2. The third-order valence-electron chi connectivity index (χ3n) is 2.87. The van der Waals surface area contributed by atoms with Crippen LogP contribution in [0, 0.1) is 0 Å². The Bertz CT molecular complexity index is 441.